The number of carbonyl (C=O) groups excluding carboxylic acids is 1. The van der Waals surface area contributed by atoms with Gasteiger partial charge in [0.1, 0.15) is 5.01 Å². The van der Waals surface area contributed by atoms with Crippen LogP contribution in [0.2, 0.25) is 0 Å². The summed E-state index contributed by atoms with van der Waals surface area (Å²) in [5.74, 6) is 0.104. The topological polar surface area (TPSA) is 53.4 Å². The molecule has 2 aromatic rings. The van der Waals surface area contributed by atoms with E-state index in [0.29, 0.717) is 32.4 Å². The Labute approximate surface area is 134 Å². The second-order valence-corrected chi connectivity index (χ2v) is 6.66. The zero-order valence-corrected chi connectivity index (χ0v) is 13.5. The first-order valence-corrected chi connectivity index (χ1v) is 8.47. The van der Waals surface area contributed by atoms with Crippen LogP contribution in [0.3, 0.4) is 0 Å². The van der Waals surface area contributed by atoms with E-state index < -0.39 is 0 Å². The Morgan fingerprint density at radius 1 is 1.32 bits per heavy atom. The van der Waals surface area contributed by atoms with E-state index in [1.165, 1.54) is 5.56 Å². The molecule has 116 valence electrons. The lowest BCUT2D eigenvalue weighted by atomic mass is 10.1. The van der Waals surface area contributed by atoms with Crippen LogP contribution in [0.5, 0.6) is 0 Å². The number of benzene rings is 1. The lowest BCUT2D eigenvalue weighted by Crippen LogP contribution is -2.40. The molecule has 5 heteroatoms. The number of nitrogens with zero attached hydrogens (tertiary/aromatic N) is 2. The first kappa shape index (κ1) is 15.2. The monoisotopic (exact) mass is 316 g/mol. The van der Waals surface area contributed by atoms with E-state index in [1.807, 2.05) is 10.3 Å². The largest absolute Gasteiger partial charge is 0.393 e. The summed E-state index contributed by atoms with van der Waals surface area (Å²) in [6.45, 7) is 3.36. The molecule has 0 aliphatic carbocycles. The molecule has 1 aromatic carbocycles. The van der Waals surface area contributed by atoms with Crippen molar-refractivity contribution in [3.63, 3.8) is 0 Å². The minimum atomic E-state index is -0.253. The Morgan fingerprint density at radius 2 is 2.00 bits per heavy atom. The van der Waals surface area contributed by atoms with E-state index in [2.05, 4.69) is 36.2 Å². The highest BCUT2D eigenvalue weighted by Crippen LogP contribution is 2.24. The van der Waals surface area contributed by atoms with E-state index in [-0.39, 0.29) is 12.0 Å². The molecule has 0 atom stereocenters. The Bertz CT molecular complexity index is 643. The quantitative estimate of drug-likeness (QED) is 0.947. The molecule has 0 saturated carbocycles. The summed E-state index contributed by atoms with van der Waals surface area (Å²) in [6, 6.07) is 8.26. The summed E-state index contributed by atoms with van der Waals surface area (Å²) in [7, 11) is 0. The minimum Gasteiger partial charge on any atom is -0.393 e. The van der Waals surface area contributed by atoms with Crippen molar-refractivity contribution in [2.24, 2.45) is 0 Å². The van der Waals surface area contributed by atoms with Crippen LogP contribution in [0.25, 0.3) is 10.6 Å². The molecule has 2 heterocycles. The Balaban J connectivity index is 1.64. The van der Waals surface area contributed by atoms with Crippen LogP contribution in [0, 0.1) is 6.92 Å². The fraction of sp³-hybridized carbons (Fsp3) is 0.412. The Morgan fingerprint density at radius 3 is 2.68 bits per heavy atom. The molecule has 1 N–H and O–H groups in total. The molecule has 0 unspecified atom stereocenters. The van der Waals surface area contributed by atoms with E-state index in [1.54, 1.807) is 11.3 Å². The van der Waals surface area contributed by atoms with Crippen LogP contribution in [0.1, 0.15) is 24.1 Å². The predicted molar refractivity (Wildman–Crippen MR) is 87.8 cm³/mol. The average Bonchev–Trinajstić information content (AvgIpc) is 2.97. The lowest BCUT2D eigenvalue weighted by molar-refractivity contribution is -0.132. The van der Waals surface area contributed by atoms with Gasteiger partial charge in [0.15, 0.2) is 0 Å². The predicted octanol–water partition coefficient (Wildman–Crippen LogP) is 2.64. The number of piperidine rings is 1. The number of aliphatic hydroxyl groups is 1. The molecular formula is C17H20N2O2S. The van der Waals surface area contributed by atoms with Crippen LogP contribution < -0.4 is 0 Å². The van der Waals surface area contributed by atoms with Crippen molar-refractivity contribution in [1.82, 2.24) is 9.88 Å². The summed E-state index contributed by atoms with van der Waals surface area (Å²) < 4.78 is 0. The van der Waals surface area contributed by atoms with Crippen molar-refractivity contribution < 1.29 is 9.90 Å². The molecule has 22 heavy (non-hydrogen) atoms. The van der Waals surface area contributed by atoms with Gasteiger partial charge in [-0.25, -0.2) is 4.98 Å². The van der Waals surface area contributed by atoms with Crippen molar-refractivity contribution in [1.29, 1.82) is 0 Å². The number of aryl methyl sites for hydroxylation is 1. The SMILES string of the molecule is Cc1ccc(-c2nc(CC(=O)N3CCC(O)CC3)cs2)cc1. The summed E-state index contributed by atoms with van der Waals surface area (Å²) >= 11 is 1.58. The van der Waals surface area contributed by atoms with E-state index in [9.17, 15) is 9.90 Å². The fourth-order valence-electron chi connectivity index (χ4n) is 2.60. The number of thiazole rings is 1. The molecule has 1 saturated heterocycles. The van der Waals surface area contributed by atoms with Crippen LogP contribution in [0.15, 0.2) is 29.6 Å². The van der Waals surface area contributed by atoms with Crippen molar-refractivity contribution in [3.05, 3.63) is 40.9 Å². The lowest BCUT2D eigenvalue weighted by Gasteiger charge is -2.29. The van der Waals surface area contributed by atoms with Gasteiger partial charge in [-0.3, -0.25) is 4.79 Å². The molecule has 1 aliphatic rings. The maximum absolute atomic E-state index is 12.3. The third-order valence-electron chi connectivity index (χ3n) is 4.00. The number of hydrogen-bond donors (Lipinski definition) is 1. The second kappa shape index (κ2) is 6.58. The average molecular weight is 316 g/mol. The number of carbonyl (C=O) groups is 1. The first-order valence-electron chi connectivity index (χ1n) is 7.59. The van der Waals surface area contributed by atoms with Crippen LogP contribution in [-0.4, -0.2) is 40.1 Å². The van der Waals surface area contributed by atoms with Crippen molar-refractivity contribution in [3.8, 4) is 10.6 Å². The van der Waals surface area contributed by atoms with Crippen molar-refractivity contribution in [2.45, 2.75) is 32.3 Å². The summed E-state index contributed by atoms with van der Waals surface area (Å²) in [6.07, 6.45) is 1.45. The first-order chi connectivity index (χ1) is 10.6. The molecule has 1 fully saturated rings. The zero-order chi connectivity index (χ0) is 15.5. The highest BCUT2D eigenvalue weighted by atomic mass is 32.1. The van der Waals surface area contributed by atoms with Gasteiger partial charge in [-0.15, -0.1) is 11.3 Å². The number of aliphatic hydroxyl groups excluding tert-OH is 1. The van der Waals surface area contributed by atoms with Gasteiger partial charge in [-0.05, 0) is 19.8 Å². The van der Waals surface area contributed by atoms with Gasteiger partial charge in [-0.1, -0.05) is 29.8 Å². The van der Waals surface area contributed by atoms with Gasteiger partial charge in [0, 0.05) is 24.0 Å². The van der Waals surface area contributed by atoms with E-state index in [0.717, 1.165) is 16.3 Å². The number of rotatable bonds is 3. The van der Waals surface area contributed by atoms with Gasteiger partial charge < -0.3 is 10.0 Å². The molecule has 0 spiro atoms. The Hall–Kier alpha value is -1.72. The highest BCUT2D eigenvalue weighted by Gasteiger charge is 2.22. The summed E-state index contributed by atoms with van der Waals surface area (Å²) in [5, 5.41) is 12.4. The number of amides is 1. The summed E-state index contributed by atoms with van der Waals surface area (Å²) in [5.41, 5.74) is 3.15. The van der Waals surface area contributed by atoms with Gasteiger partial charge in [0.05, 0.1) is 18.2 Å². The van der Waals surface area contributed by atoms with Crippen LogP contribution >= 0.6 is 11.3 Å². The highest BCUT2D eigenvalue weighted by molar-refractivity contribution is 7.13. The normalized spacial score (nSPS) is 16.0. The van der Waals surface area contributed by atoms with Gasteiger partial charge in [-0.2, -0.15) is 0 Å². The number of aromatic nitrogens is 1. The van der Waals surface area contributed by atoms with Gasteiger partial charge in [0.25, 0.3) is 0 Å². The van der Waals surface area contributed by atoms with Gasteiger partial charge in [0.2, 0.25) is 5.91 Å². The van der Waals surface area contributed by atoms with E-state index in [4.69, 9.17) is 0 Å². The standard InChI is InChI=1S/C17H20N2O2S/c1-12-2-4-13(5-3-12)17-18-14(11-22-17)10-16(21)19-8-6-15(20)7-9-19/h2-5,11,15,20H,6-10H2,1H3. The van der Waals surface area contributed by atoms with Gasteiger partial charge >= 0.3 is 0 Å². The molecule has 1 aliphatic heterocycles. The molecule has 0 bridgehead atoms. The smallest absolute Gasteiger partial charge is 0.228 e. The molecule has 4 nitrogen and oxygen atoms in total. The second-order valence-electron chi connectivity index (χ2n) is 5.80. The minimum absolute atomic E-state index is 0.104. The third kappa shape index (κ3) is 3.54. The van der Waals surface area contributed by atoms with Crippen molar-refractivity contribution in [2.75, 3.05) is 13.1 Å². The maximum atomic E-state index is 12.3. The van der Waals surface area contributed by atoms with Crippen LogP contribution in [-0.2, 0) is 11.2 Å². The molecular weight excluding hydrogens is 296 g/mol. The van der Waals surface area contributed by atoms with Crippen molar-refractivity contribution >= 4 is 17.2 Å². The molecule has 3 rings (SSSR count). The van der Waals surface area contributed by atoms with Crippen LogP contribution in [0.4, 0.5) is 0 Å². The fourth-order valence-corrected chi connectivity index (χ4v) is 3.42. The molecule has 1 aromatic heterocycles. The Kier molecular flexibility index (Phi) is 4.55. The zero-order valence-electron chi connectivity index (χ0n) is 12.7. The third-order valence-corrected chi connectivity index (χ3v) is 4.94. The number of likely N-dealkylation sites (tertiary alicyclic amines) is 1. The maximum Gasteiger partial charge on any atom is 0.228 e. The summed E-state index contributed by atoms with van der Waals surface area (Å²) in [4.78, 5) is 18.7. The van der Waals surface area contributed by atoms with E-state index >= 15 is 0 Å². The number of hydrogen-bond acceptors (Lipinski definition) is 4. The molecule has 1 amide bonds. The molecule has 0 radical (unpaired) electrons.